The Morgan fingerprint density at radius 3 is 2.65 bits per heavy atom. The van der Waals surface area contributed by atoms with Crippen LogP contribution in [0.2, 0.25) is 0 Å². The summed E-state index contributed by atoms with van der Waals surface area (Å²) >= 11 is 1.74. The van der Waals surface area contributed by atoms with E-state index in [1.165, 1.54) is 0 Å². The number of piperidine rings is 1. The van der Waals surface area contributed by atoms with E-state index in [1.54, 1.807) is 11.8 Å². The van der Waals surface area contributed by atoms with Crippen molar-refractivity contribution in [3.63, 3.8) is 0 Å². The number of nitrogens with one attached hydrogen (secondary N) is 1. The van der Waals surface area contributed by atoms with E-state index in [2.05, 4.69) is 36.1 Å². The molecule has 1 N–H and O–H groups in total. The van der Waals surface area contributed by atoms with Crippen molar-refractivity contribution in [2.45, 2.75) is 45.1 Å². The van der Waals surface area contributed by atoms with E-state index in [9.17, 15) is 4.79 Å². The molecule has 31 heavy (non-hydrogen) atoms. The average molecular weight is 440 g/mol. The van der Waals surface area contributed by atoms with Crippen LogP contribution in [0.25, 0.3) is 5.65 Å². The number of hydrogen-bond donors (Lipinski definition) is 1. The molecule has 4 rings (SSSR count). The van der Waals surface area contributed by atoms with Crippen LogP contribution in [0.3, 0.4) is 0 Å². The molecule has 0 aliphatic carbocycles. The zero-order chi connectivity index (χ0) is 21.8. The van der Waals surface area contributed by atoms with Crippen molar-refractivity contribution in [1.82, 2.24) is 29.5 Å². The number of rotatable bonds is 7. The Kier molecular flexibility index (Phi) is 6.70. The zero-order valence-corrected chi connectivity index (χ0v) is 19.1. The molecule has 1 aliphatic rings. The highest BCUT2D eigenvalue weighted by molar-refractivity contribution is 7.98. The maximum Gasteiger partial charge on any atom is 0.245 e. The van der Waals surface area contributed by atoms with Crippen LogP contribution in [0, 0.1) is 13.8 Å². The number of aryl methyl sites for hydroxylation is 2. The van der Waals surface area contributed by atoms with Gasteiger partial charge in [-0.2, -0.15) is 11.8 Å². The minimum Gasteiger partial charge on any atom is -0.342 e. The lowest BCUT2D eigenvalue weighted by Crippen LogP contribution is -2.46. The third-order valence-corrected chi connectivity index (χ3v) is 6.35. The summed E-state index contributed by atoms with van der Waals surface area (Å²) in [5, 5.41) is 12.0. The molecular formula is C22H29N7OS. The van der Waals surface area contributed by atoms with Gasteiger partial charge < -0.3 is 10.2 Å². The molecule has 3 aromatic heterocycles. The Bertz CT molecular complexity index is 1030. The predicted molar refractivity (Wildman–Crippen MR) is 123 cm³/mol. The molecule has 1 aliphatic heterocycles. The standard InChI is InChI=1S/C22H29N7OS/c1-15-14-16(2)24-22(23-15)25-18(9-13-31-3)21(30)28-11-7-17(8-12-28)20-27-26-19-6-4-5-10-29(19)20/h4-6,10,14,17-18H,7-9,11-13H2,1-3H3,(H,23,24,25)/t18-/m0/s1. The number of likely N-dealkylation sites (tertiary alicyclic amines) is 1. The van der Waals surface area contributed by atoms with Gasteiger partial charge in [-0.05, 0) is 63.3 Å². The first kappa shape index (κ1) is 21.5. The molecule has 0 saturated carbocycles. The van der Waals surface area contributed by atoms with Crippen molar-refractivity contribution >= 4 is 29.3 Å². The summed E-state index contributed by atoms with van der Waals surface area (Å²) in [5.41, 5.74) is 2.66. The molecular weight excluding hydrogens is 410 g/mol. The molecule has 1 atom stereocenters. The third-order valence-electron chi connectivity index (χ3n) is 5.71. The minimum absolute atomic E-state index is 0.126. The number of carbonyl (C=O) groups is 1. The van der Waals surface area contributed by atoms with Gasteiger partial charge in [0, 0.05) is 36.6 Å². The van der Waals surface area contributed by atoms with Crippen LogP contribution < -0.4 is 5.32 Å². The molecule has 9 heteroatoms. The predicted octanol–water partition coefficient (Wildman–Crippen LogP) is 3.08. The molecule has 1 saturated heterocycles. The Hall–Kier alpha value is -2.68. The normalized spacial score (nSPS) is 15.9. The molecule has 0 aromatic carbocycles. The van der Waals surface area contributed by atoms with Crippen molar-refractivity contribution in [3.8, 4) is 0 Å². The summed E-state index contributed by atoms with van der Waals surface area (Å²) in [4.78, 5) is 24.3. The Morgan fingerprint density at radius 1 is 1.19 bits per heavy atom. The van der Waals surface area contributed by atoms with E-state index in [4.69, 9.17) is 0 Å². The zero-order valence-electron chi connectivity index (χ0n) is 18.3. The van der Waals surface area contributed by atoms with Crippen LogP contribution in [0.4, 0.5) is 5.95 Å². The van der Waals surface area contributed by atoms with Crippen LogP contribution in [0.15, 0.2) is 30.5 Å². The highest BCUT2D eigenvalue weighted by Crippen LogP contribution is 2.28. The van der Waals surface area contributed by atoms with Crippen molar-refractivity contribution in [2.24, 2.45) is 0 Å². The summed E-state index contributed by atoms with van der Waals surface area (Å²) in [6, 6.07) is 7.54. The number of hydrogen-bond acceptors (Lipinski definition) is 7. The summed E-state index contributed by atoms with van der Waals surface area (Å²) in [6.45, 7) is 5.32. The smallest absolute Gasteiger partial charge is 0.245 e. The van der Waals surface area contributed by atoms with Crippen LogP contribution in [-0.4, -0.2) is 66.5 Å². The Labute approximate surface area is 186 Å². The number of amides is 1. The van der Waals surface area contributed by atoms with E-state index >= 15 is 0 Å². The van der Waals surface area contributed by atoms with Gasteiger partial charge in [0.15, 0.2) is 5.65 Å². The van der Waals surface area contributed by atoms with Gasteiger partial charge in [0.05, 0.1) is 0 Å². The number of carbonyl (C=O) groups excluding carboxylic acids is 1. The first-order chi connectivity index (χ1) is 15.0. The van der Waals surface area contributed by atoms with E-state index in [0.29, 0.717) is 11.9 Å². The van der Waals surface area contributed by atoms with Gasteiger partial charge in [-0.3, -0.25) is 9.20 Å². The number of anilines is 1. The molecule has 0 spiro atoms. The van der Waals surface area contributed by atoms with Crippen LogP contribution >= 0.6 is 11.8 Å². The monoisotopic (exact) mass is 439 g/mol. The molecule has 0 radical (unpaired) electrons. The summed E-state index contributed by atoms with van der Waals surface area (Å²) < 4.78 is 2.06. The quantitative estimate of drug-likeness (QED) is 0.605. The van der Waals surface area contributed by atoms with Crippen LogP contribution in [0.5, 0.6) is 0 Å². The van der Waals surface area contributed by atoms with Gasteiger partial charge in [0.1, 0.15) is 11.9 Å². The van der Waals surface area contributed by atoms with Crippen molar-refractivity contribution in [1.29, 1.82) is 0 Å². The van der Waals surface area contributed by atoms with Crippen molar-refractivity contribution < 1.29 is 4.79 Å². The van der Waals surface area contributed by atoms with Crippen LogP contribution in [0.1, 0.15) is 42.4 Å². The molecule has 8 nitrogen and oxygen atoms in total. The summed E-state index contributed by atoms with van der Waals surface area (Å²) in [6.07, 6.45) is 6.58. The number of aromatic nitrogens is 5. The lowest BCUT2D eigenvalue weighted by Gasteiger charge is -2.34. The third kappa shape index (κ3) is 4.98. The second-order valence-electron chi connectivity index (χ2n) is 8.04. The molecule has 1 fully saturated rings. The maximum atomic E-state index is 13.3. The topological polar surface area (TPSA) is 88.3 Å². The fourth-order valence-electron chi connectivity index (χ4n) is 4.16. The number of thioether (sulfide) groups is 1. The first-order valence-corrected chi connectivity index (χ1v) is 12.1. The van der Waals surface area contributed by atoms with E-state index in [-0.39, 0.29) is 11.9 Å². The molecule has 164 valence electrons. The second kappa shape index (κ2) is 9.64. The minimum atomic E-state index is -0.320. The van der Waals surface area contributed by atoms with Crippen molar-refractivity contribution in [2.75, 3.05) is 30.4 Å². The molecule has 1 amide bonds. The first-order valence-electron chi connectivity index (χ1n) is 10.7. The van der Waals surface area contributed by atoms with E-state index in [0.717, 1.165) is 61.0 Å². The Balaban J connectivity index is 1.43. The average Bonchev–Trinajstić information content (AvgIpc) is 3.20. The van der Waals surface area contributed by atoms with Gasteiger partial charge in [0.25, 0.3) is 0 Å². The largest absolute Gasteiger partial charge is 0.342 e. The fraction of sp³-hybridized carbons (Fsp3) is 0.500. The Morgan fingerprint density at radius 2 is 1.94 bits per heavy atom. The maximum absolute atomic E-state index is 13.3. The molecule has 3 aromatic rings. The van der Waals surface area contributed by atoms with E-state index < -0.39 is 0 Å². The van der Waals surface area contributed by atoms with Gasteiger partial charge in [-0.25, -0.2) is 9.97 Å². The van der Waals surface area contributed by atoms with Gasteiger partial charge >= 0.3 is 0 Å². The number of nitrogens with zero attached hydrogens (tertiary/aromatic N) is 6. The summed E-state index contributed by atoms with van der Waals surface area (Å²) in [7, 11) is 0. The lowest BCUT2D eigenvalue weighted by atomic mass is 9.95. The number of fused-ring (bicyclic) bond motifs is 1. The molecule has 4 heterocycles. The van der Waals surface area contributed by atoms with Gasteiger partial charge in [0.2, 0.25) is 11.9 Å². The highest BCUT2D eigenvalue weighted by atomic mass is 32.2. The summed E-state index contributed by atoms with van der Waals surface area (Å²) in [5.74, 6) is 2.85. The van der Waals surface area contributed by atoms with Gasteiger partial charge in [-0.15, -0.1) is 10.2 Å². The van der Waals surface area contributed by atoms with Crippen molar-refractivity contribution in [3.05, 3.63) is 47.7 Å². The fourth-order valence-corrected chi connectivity index (χ4v) is 4.63. The van der Waals surface area contributed by atoms with E-state index in [1.807, 2.05) is 49.2 Å². The molecule has 0 bridgehead atoms. The highest BCUT2D eigenvalue weighted by Gasteiger charge is 2.30. The molecule has 0 unspecified atom stereocenters. The lowest BCUT2D eigenvalue weighted by molar-refractivity contribution is -0.133. The SMILES string of the molecule is CSCC[C@H](Nc1nc(C)cc(C)n1)C(=O)N1CCC(c2nnc3ccccn23)CC1. The number of pyridine rings is 1. The second-order valence-corrected chi connectivity index (χ2v) is 9.02. The van der Waals surface area contributed by atoms with Gasteiger partial charge in [-0.1, -0.05) is 6.07 Å². The van der Waals surface area contributed by atoms with Crippen LogP contribution in [-0.2, 0) is 4.79 Å².